The number of thiophene rings is 1. The number of hydrogen-bond donors (Lipinski definition) is 0. The molecule has 3 aromatic heterocycles. The number of hydrogen-bond acceptors (Lipinski definition) is 7. The van der Waals surface area contributed by atoms with Crippen LogP contribution >= 0.6 is 23.1 Å². The van der Waals surface area contributed by atoms with Gasteiger partial charge in [-0.2, -0.15) is 0 Å². The molecule has 8 heteroatoms. The van der Waals surface area contributed by atoms with E-state index >= 15 is 0 Å². The molecule has 0 unspecified atom stereocenters. The number of thioether (sulfide) groups is 1. The third kappa shape index (κ3) is 2.64. The van der Waals surface area contributed by atoms with Crippen LogP contribution in [0, 0.1) is 10.1 Å². The predicted molar refractivity (Wildman–Crippen MR) is 89.7 cm³/mol. The summed E-state index contributed by atoms with van der Waals surface area (Å²) in [6, 6.07) is 2.92. The average Bonchev–Trinajstić information content (AvgIpc) is 3.21. The molecule has 3 heterocycles. The summed E-state index contributed by atoms with van der Waals surface area (Å²) >= 11 is 3.23. The lowest BCUT2D eigenvalue weighted by molar-refractivity contribution is -0.402. The van der Waals surface area contributed by atoms with Gasteiger partial charge in [0.25, 0.3) is 0 Å². The van der Waals surface area contributed by atoms with E-state index in [2.05, 4.69) is 9.97 Å². The second-order valence-corrected chi connectivity index (χ2v) is 7.05. The third-order valence-electron chi connectivity index (χ3n) is 3.67. The smallest absolute Gasteiger partial charge is 0.401 e. The zero-order valence-electron chi connectivity index (χ0n) is 11.9. The molecule has 0 aliphatic heterocycles. The first-order chi connectivity index (χ1) is 11.2. The molecule has 0 saturated heterocycles. The summed E-state index contributed by atoms with van der Waals surface area (Å²) in [6.07, 6.45) is 6.71. The Morgan fingerprint density at radius 3 is 3.09 bits per heavy atom. The molecule has 23 heavy (non-hydrogen) atoms. The lowest BCUT2D eigenvalue weighted by atomic mass is 10.2. The highest BCUT2D eigenvalue weighted by atomic mass is 32.2. The SMILES string of the molecule is O=[N+]([O-])c1ccc(C=CSc2ncnc3sc4c(c23)CCC4)o1. The molecular weight excluding hydrogens is 334 g/mol. The molecule has 0 fully saturated rings. The van der Waals surface area contributed by atoms with E-state index in [0.717, 1.165) is 28.1 Å². The summed E-state index contributed by atoms with van der Waals surface area (Å²) in [4.78, 5) is 21.3. The number of furan rings is 1. The number of aromatic nitrogens is 2. The van der Waals surface area contributed by atoms with Gasteiger partial charge in [0.05, 0.1) is 6.07 Å². The van der Waals surface area contributed by atoms with Gasteiger partial charge in [0.2, 0.25) is 0 Å². The van der Waals surface area contributed by atoms with E-state index in [4.69, 9.17) is 4.42 Å². The molecular formula is C15H11N3O3S2. The summed E-state index contributed by atoms with van der Waals surface area (Å²) in [5, 5.41) is 14.5. The minimum Gasteiger partial charge on any atom is -0.401 e. The maximum absolute atomic E-state index is 10.6. The van der Waals surface area contributed by atoms with Crippen LogP contribution in [-0.2, 0) is 12.8 Å². The molecule has 0 saturated carbocycles. The lowest BCUT2D eigenvalue weighted by Crippen LogP contribution is -1.85. The van der Waals surface area contributed by atoms with Gasteiger partial charge in [-0.05, 0) is 42.4 Å². The van der Waals surface area contributed by atoms with Crippen LogP contribution in [0.25, 0.3) is 16.3 Å². The maximum Gasteiger partial charge on any atom is 0.433 e. The molecule has 0 spiro atoms. The quantitative estimate of drug-likeness (QED) is 0.301. The van der Waals surface area contributed by atoms with Crippen LogP contribution < -0.4 is 0 Å². The van der Waals surface area contributed by atoms with E-state index in [1.807, 2.05) is 5.41 Å². The number of nitrogens with zero attached hydrogens (tertiary/aromatic N) is 3. The van der Waals surface area contributed by atoms with E-state index < -0.39 is 4.92 Å². The standard InChI is InChI=1S/C15H11N3O3S2/c19-18(20)12-5-4-9(21-12)6-7-22-14-13-10-2-1-3-11(10)23-15(13)17-8-16-14/h4-8H,1-3H2. The van der Waals surface area contributed by atoms with Crippen molar-refractivity contribution in [1.29, 1.82) is 0 Å². The van der Waals surface area contributed by atoms with E-state index in [1.54, 1.807) is 29.8 Å². The summed E-state index contributed by atoms with van der Waals surface area (Å²) in [5.74, 6) is 0.194. The van der Waals surface area contributed by atoms with Crippen LogP contribution in [0.4, 0.5) is 5.88 Å². The lowest BCUT2D eigenvalue weighted by Gasteiger charge is -1.99. The normalized spacial score (nSPS) is 13.9. The fourth-order valence-corrected chi connectivity index (χ4v) is 4.75. The van der Waals surface area contributed by atoms with Crippen molar-refractivity contribution in [3.8, 4) is 0 Å². The van der Waals surface area contributed by atoms with Gasteiger partial charge in [-0.25, -0.2) is 9.97 Å². The van der Waals surface area contributed by atoms with Crippen LogP contribution in [0.15, 0.2) is 33.3 Å². The Kier molecular flexibility index (Phi) is 3.62. The molecule has 1 aliphatic carbocycles. The van der Waals surface area contributed by atoms with Gasteiger partial charge >= 0.3 is 5.88 Å². The highest BCUT2D eigenvalue weighted by molar-refractivity contribution is 8.02. The van der Waals surface area contributed by atoms with Gasteiger partial charge in [-0.1, -0.05) is 11.8 Å². The van der Waals surface area contributed by atoms with Gasteiger partial charge in [-0.3, -0.25) is 10.1 Å². The van der Waals surface area contributed by atoms with E-state index in [-0.39, 0.29) is 5.88 Å². The molecule has 3 aromatic rings. The molecule has 116 valence electrons. The van der Waals surface area contributed by atoms with Crippen LogP contribution in [0.3, 0.4) is 0 Å². The Balaban J connectivity index is 1.60. The number of aryl methyl sites for hydroxylation is 2. The summed E-state index contributed by atoms with van der Waals surface area (Å²) in [5.41, 5.74) is 1.38. The van der Waals surface area contributed by atoms with Crippen molar-refractivity contribution in [3.63, 3.8) is 0 Å². The molecule has 0 bridgehead atoms. The predicted octanol–water partition coefficient (Wildman–Crippen LogP) is 4.44. The number of fused-ring (bicyclic) bond motifs is 3. The molecule has 1 aliphatic rings. The van der Waals surface area contributed by atoms with Crippen LogP contribution in [0.1, 0.15) is 22.6 Å². The Morgan fingerprint density at radius 2 is 2.26 bits per heavy atom. The zero-order chi connectivity index (χ0) is 15.8. The van der Waals surface area contributed by atoms with Gasteiger partial charge in [-0.15, -0.1) is 11.3 Å². The van der Waals surface area contributed by atoms with Crippen molar-refractivity contribution < 1.29 is 9.34 Å². The summed E-state index contributed by atoms with van der Waals surface area (Å²) < 4.78 is 5.10. The van der Waals surface area contributed by atoms with Crippen LogP contribution in [0.5, 0.6) is 0 Å². The molecule has 0 atom stereocenters. The van der Waals surface area contributed by atoms with Crippen molar-refractivity contribution in [2.24, 2.45) is 0 Å². The minimum atomic E-state index is -0.549. The number of rotatable bonds is 4. The Morgan fingerprint density at radius 1 is 1.35 bits per heavy atom. The number of nitro groups is 1. The first-order valence-corrected chi connectivity index (χ1v) is 8.74. The van der Waals surface area contributed by atoms with Crippen molar-refractivity contribution >= 4 is 45.3 Å². The van der Waals surface area contributed by atoms with Gasteiger partial charge in [0, 0.05) is 10.3 Å². The van der Waals surface area contributed by atoms with Crippen molar-refractivity contribution in [2.75, 3.05) is 0 Å². The maximum atomic E-state index is 10.6. The van der Waals surface area contributed by atoms with Crippen LogP contribution in [0.2, 0.25) is 0 Å². The van der Waals surface area contributed by atoms with Gasteiger partial charge in [0.1, 0.15) is 26.9 Å². The monoisotopic (exact) mass is 345 g/mol. The van der Waals surface area contributed by atoms with E-state index in [9.17, 15) is 10.1 Å². The topological polar surface area (TPSA) is 82.1 Å². The Labute approximate surface area is 139 Å². The zero-order valence-corrected chi connectivity index (χ0v) is 13.5. The molecule has 0 aromatic carbocycles. The third-order valence-corrected chi connectivity index (χ3v) is 5.68. The molecule has 0 amide bonds. The molecule has 6 nitrogen and oxygen atoms in total. The van der Waals surface area contributed by atoms with Gasteiger partial charge in [0.15, 0.2) is 0 Å². The van der Waals surface area contributed by atoms with Crippen molar-refractivity contribution in [2.45, 2.75) is 24.3 Å². The highest BCUT2D eigenvalue weighted by Crippen LogP contribution is 2.40. The Bertz CT molecular complexity index is 929. The average molecular weight is 345 g/mol. The van der Waals surface area contributed by atoms with Crippen molar-refractivity contribution in [1.82, 2.24) is 9.97 Å². The van der Waals surface area contributed by atoms with E-state index in [1.165, 1.54) is 34.7 Å². The second kappa shape index (κ2) is 5.78. The molecule has 0 N–H and O–H groups in total. The largest absolute Gasteiger partial charge is 0.433 e. The fraction of sp³-hybridized carbons (Fsp3) is 0.200. The molecule has 4 rings (SSSR count). The molecule has 0 radical (unpaired) electrons. The first-order valence-electron chi connectivity index (χ1n) is 7.05. The summed E-state index contributed by atoms with van der Waals surface area (Å²) in [7, 11) is 0. The van der Waals surface area contributed by atoms with Gasteiger partial charge < -0.3 is 4.42 Å². The van der Waals surface area contributed by atoms with Crippen LogP contribution in [-0.4, -0.2) is 14.9 Å². The Hall–Kier alpha value is -2.19. The fourth-order valence-electron chi connectivity index (χ4n) is 2.68. The minimum absolute atomic E-state index is 0.255. The second-order valence-electron chi connectivity index (χ2n) is 5.07. The highest BCUT2D eigenvalue weighted by Gasteiger charge is 2.20. The summed E-state index contributed by atoms with van der Waals surface area (Å²) in [6.45, 7) is 0. The first kappa shape index (κ1) is 14.4. The van der Waals surface area contributed by atoms with Crippen molar-refractivity contribution in [3.05, 3.63) is 50.2 Å². The van der Waals surface area contributed by atoms with E-state index in [0.29, 0.717) is 5.76 Å².